The first-order valence-electron chi connectivity index (χ1n) is 12.3. The lowest BCUT2D eigenvalue weighted by molar-refractivity contribution is -0.139. The van der Waals surface area contributed by atoms with Gasteiger partial charge in [0.15, 0.2) is 22.8 Å². The number of imidazole rings is 1. The Bertz CT molecular complexity index is 1230. The lowest BCUT2D eigenvalue weighted by atomic mass is 10.2. The van der Waals surface area contributed by atoms with E-state index in [2.05, 4.69) is 27.2 Å². The Morgan fingerprint density at radius 1 is 1.00 bits per heavy atom. The maximum atomic E-state index is 13.8. The van der Waals surface area contributed by atoms with E-state index in [1.54, 1.807) is 12.4 Å². The Hall–Kier alpha value is -3.06. The lowest BCUT2D eigenvalue weighted by Gasteiger charge is -2.28. The average Bonchev–Trinajstić information content (AvgIpc) is 3.52. The number of anilines is 2. The molecule has 6 rings (SSSR count). The van der Waals surface area contributed by atoms with E-state index < -0.39 is 12.7 Å². The number of rotatable bonds is 5. The number of piperazine rings is 1. The van der Waals surface area contributed by atoms with Gasteiger partial charge in [-0.25, -0.2) is 24.9 Å². The Morgan fingerprint density at radius 2 is 1.69 bits per heavy atom. The number of hydrogen-bond acceptors (Lipinski definition) is 9. The third-order valence-corrected chi connectivity index (χ3v) is 6.98. The van der Waals surface area contributed by atoms with Crippen molar-refractivity contribution in [3.8, 4) is 11.4 Å². The van der Waals surface area contributed by atoms with Crippen molar-refractivity contribution < 1.29 is 17.9 Å². The van der Waals surface area contributed by atoms with Gasteiger partial charge in [0.2, 0.25) is 5.95 Å². The minimum absolute atomic E-state index is 0.159. The molecule has 192 valence electrons. The van der Waals surface area contributed by atoms with Gasteiger partial charge in [0, 0.05) is 57.6 Å². The number of nitrogens with one attached hydrogen (secondary N) is 1. The minimum atomic E-state index is -4.44. The van der Waals surface area contributed by atoms with Crippen LogP contribution < -0.4 is 15.1 Å². The molecule has 5 heterocycles. The molecule has 0 amide bonds. The van der Waals surface area contributed by atoms with Gasteiger partial charge in [0.25, 0.3) is 0 Å². The van der Waals surface area contributed by atoms with Crippen LogP contribution in [0.1, 0.15) is 25.1 Å². The van der Waals surface area contributed by atoms with Crippen molar-refractivity contribution in [1.82, 2.24) is 34.8 Å². The molecule has 0 radical (unpaired) electrons. The van der Waals surface area contributed by atoms with E-state index in [-0.39, 0.29) is 17.4 Å². The van der Waals surface area contributed by atoms with Crippen LogP contribution in [0.4, 0.5) is 24.9 Å². The van der Waals surface area contributed by atoms with Crippen LogP contribution in [-0.2, 0) is 11.3 Å². The molecule has 1 saturated carbocycles. The van der Waals surface area contributed by atoms with Crippen molar-refractivity contribution in [2.24, 2.45) is 5.92 Å². The topological polar surface area (TPSA) is 97.1 Å². The second kappa shape index (κ2) is 9.11. The van der Waals surface area contributed by atoms with Crippen LogP contribution in [0.25, 0.3) is 22.6 Å². The van der Waals surface area contributed by atoms with Gasteiger partial charge in [-0.3, -0.25) is 4.57 Å². The molecule has 2 unspecified atom stereocenters. The quantitative estimate of drug-likeness (QED) is 0.562. The first-order valence-corrected chi connectivity index (χ1v) is 12.3. The van der Waals surface area contributed by atoms with Crippen LogP contribution in [0, 0.1) is 5.92 Å². The van der Waals surface area contributed by atoms with Gasteiger partial charge in [-0.15, -0.1) is 0 Å². The van der Waals surface area contributed by atoms with Crippen LogP contribution in [-0.4, -0.2) is 88.1 Å². The van der Waals surface area contributed by atoms with Gasteiger partial charge in [0.05, 0.1) is 18.8 Å². The summed E-state index contributed by atoms with van der Waals surface area (Å²) in [6.07, 6.45) is -0.0422. The number of alkyl halides is 3. The standard InChI is InChI=1S/C23H28F3N9O/c1-14-10-16(14)19-28-11-15(12-29-19)18-31-20(33-6-8-36-9-7-33)17-21(32-18)35(13-23(24,25)26)22(30-17)34-4-2-27-3-5-34/h11-12,14,16,27H,2-10,13H2,1H3. The summed E-state index contributed by atoms with van der Waals surface area (Å²) in [6, 6.07) is 0. The monoisotopic (exact) mass is 503 g/mol. The first-order chi connectivity index (χ1) is 17.4. The van der Waals surface area contributed by atoms with Gasteiger partial charge in [0.1, 0.15) is 12.4 Å². The third-order valence-electron chi connectivity index (χ3n) is 6.98. The van der Waals surface area contributed by atoms with Crippen LogP contribution in [0.5, 0.6) is 0 Å². The summed E-state index contributed by atoms with van der Waals surface area (Å²) < 4.78 is 48.0. The largest absolute Gasteiger partial charge is 0.406 e. The summed E-state index contributed by atoms with van der Waals surface area (Å²) >= 11 is 0. The van der Waals surface area contributed by atoms with Crippen LogP contribution in [0.3, 0.4) is 0 Å². The maximum Gasteiger partial charge on any atom is 0.406 e. The molecule has 2 aliphatic heterocycles. The molecule has 3 aromatic heterocycles. The summed E-state index contributed by atoms with van der Waals surface area (Å²) in [7, 11) is 0. The number of hydrogen-bond donors (Lipinski definition) is 1. The van der Waals surface area contributed by atoms with Gasteiger partial charge < -0.3 is 19.9 Å². The molecule has 0 spiro atoms. The van der Waals surface area contributed by atoms with Gasteiger partial charge >= 0.3 is 6.18 Å². The van der Waals surface area contributed by atoms with E-state index in [0.29, 0.717) is 81.2 Å². The van der Waals surface area contributed by atoms with E-state index in [4.69, 9.17) is 14.7 Å². The molecule has 36 heavy (non-hydrogen) atoms. The molecule has 2 atom stereocenters. The molecule has 0 aromatic carbocycles. The molecule has 1 N–H and O–H groups in total. The summed E-state index contributed by atoms with van der Waals surface area (Å²) in [5.74, 6) is 2.77. The van der Waals surface area contributed by atoms with Crippen LogP contribution >= 0.6 is 0 Å². The zero-order valence-electron chi connectivity index (χ0n) is 20.0. The summed E-state index contributed by atoms with van der Waals surface area (Å²) in [4.78, 5) is 27.0. The normalized spacial score (nSPS) is 22.9. The second-order valence-corrected chi connectivity index (χ2v) is 9.64. The molecule has 10 nitrogen and oxygen atoms in total. The summed E-state index contributed by atoms with van der Waals surface area (Å²) in [6.45, 7) is 5.58. The highest BCUT2D eigenvalue weighted by Gasteiger charge is 2.37. The van der Waals surface area contributed by atoms with Gasteiger partial charge in [-0.1, -0.05) is 6.92 Å². The Kier molecular flexibility index (Phi) is 5.91. The zero-order chi connectivity index (χ0) is 24.9. The predicted octanol–water partition coefficient (Wildman–Crippen LogP) is 2.22. The van der Waals surface area contributed by atoms with Crippen molar-refractivity contribution in [1.29, 1.82) is 0 Å². The number of ether oxygens (including phenoxy) is 1. The molecular formula is C23H28F3N9O. The number of morpholine rings is 1. The molecule has 1 aliphatic carbocycles. The summed E-state index contributed by atoms with van der Waals surface area (Å²) in [5.41, 5.74) is 1.09. The Labute approximate surface area is 205 Å². The van der Waals surface area contributed by atoms with Gasteiger partial charge in [-0.2, -0.15) is 13.2 Å². The molecule has 0 bridgehead atoms. The fourth-order valence-corrected chi connectivity index (χ4v) is 4.86. The van der Waals surface area contributed by atoms with Crippen molar-refractivity contribution in [2.45, 2.75) is 32.0 Å². The number of nitrogens with zero attached hydrogens (tertiary/aromatic N) is 8. The average molecular weight is 504 g/mol. The predicted molar refractivity (Wildman–Crippen MR) is 127 cm³/mol. The second-order valence-electron chi connectivity index (χ2n) is 9.64. The third kappa shape index (κ3) is 4.57. The number of halogens is 3. The minimum Gasteiger partial charge on any atom is -0.378 e. The number of fused-ring (bicyclic) bond motifs is 1. The van der Waals surface area contributed by atoms with Crippen LogP contribution in [0.15, 0.2) is 12.4 Å². The molecule has 2 saturated heterocycles. The molecule has 3 fully saturated rings. The maximum absolute atomic E-state index is 13.8. The van der Waals surface area contributed by atoms with Crippen molar-refractivity contribution in [3.05, 3.63) is 18.2 Å². The van der Waals surface area contributed by atoms with E-state index in [1.165, 1.54) is 4.57 Å². The molecule has 3 aromatic rings. The Balaban J connectivity index is 1.50. The molecular weight excluding hydrogens is 475 g/mol. The first kappa shape index (κ1) is 23.3. The highest BCUT2D eigenvalue weighted by molar-refractivity contribution is 5.88. The fraction of sp³-hybridized carbons (Fsp3) is 0.609. The molecule has 13 heteroatoms. The highest BCUT2D eigenvalue weighted by Crippen LogP contribution is 2.45. The SMILES string of the molecule is CC1CC1c1ncc(-c2nc(N3CCOCC3)c3nc(N4CCNCC4)n(CC(F)(F)F)c3n2)cn1. The van der Waals surface area contributed by atoms with Crippen molar-refractivity contribution in [3.63, 3.8) is 0 Å². The Morgan fingerprint density at radius 3 is 2.33 bits per heavy atom. The van der Waals surface area contributed by atoms with E-state index in [0.717, 1.165) is 12.2 Å². The lowest BCUT2D eigenvalue weighted by Crippen LogP contribution is -2.45. The number of aromatic nitrogens is 6. The van der Waals surface area contributed by atoms with Gasteiger partial charge in [-0.05, 0) is 12.3 Å². The highest BCUT2D eigenvalue weighted by atomic mass is 19.4. The zero-order valence-corrected chi connectivity index (χ0v) is 20.0. The van der Waals surface area contributed by atoms with E-state index >= 15 is 0 Å². The molecule has 3 aliphatic rings. The van der Waals surface area contributed by atoms with E-state index in [1.807, 2.05) is 9.80 Å². The van der Waals surface area contributed by atoms with Crippen molar-refractivity contribution >= 4 is 22.9 Å². The van der Waals surface area contributed by atoms with Crippen LogP contribution in [0.2, 0.25) is 0 Å². The summed E-state index contributed by atoms with van der Waals surface area (Å²) in [5, 5.41) is 3.23. The fourth-order valence-electron chi connectivity index (χ4n) is 4.86. The smallest absolute Gasteiger partial charge is 0.378 e. The van der Waals surface area contributed by atoms with E-state index in [9.17, 15) is 13.2 Å². The van der Waals surface area contributed by atoms with Crippen molar-refractivity contribution in [2.75, 3.05) is 62.3 Å².